The van der Waals surface area contributed by atoms with Crippen molar-refractivity contribution >= 4 is 11.7 Å². The summed E-state index contributed by atoms with van der Waals surface area (Å²) in [7, 11) is 0. The van der Waals surface area contributed by atoms with Crippen molar-refractivity contribution in [2.75, 3.05) is 5.32 Å². The molecule has 0 saturated heterocycles. The van der Waals surface area contributed by atoms with Gasteiger partial charge >= 0.3 is 5.97 Å². The fourth-order valence-corrected chi connectivity index (χ4v) is 2.50. The highest BCUT2D eigenvalue weighted by Crippen LogP contribution is 2.13. The van der Waals surface area contributed by atoms with E-state index in [4.69, 9.17) is 5.11 Å². The molecule has 0 aromatic heterocycles. The van der Waals surface area contributed by atoms with Crippen LogP contribution in [0.3, 0.4) is 0 Å². The van der Waals surface area contributed by atoms with Gasteiger partial charge in [-0.1, -0.05) is 56.0 Å². The smallest absolute Gasteiger partial charge is 0.332 e. The van der Waals surface area contributed by atoms with Crippen molar-refractivity contribution in [3.63, 3.8) is 0 Å². The van der Waals surface area contributed by atoms with Crippen molar-refractivity contribution in [1.29, 1.82) is 0 Å². The van der Waals surface area contributed by atoms with Gasteiger partial charge in [0.2, 0.25) is 0 Å². The number of hydrogen-bond donors (Lipinski definition) is 3. The quantitative estimate of drug-likeness (QED) is 0.614. The number of rotatable bonds is 9. The summed E-state index contributed by atoms with van der Waals surface area (Å²) < 4.78 is 0. The fraction of sp³-hybridized carbons (Fsp3) is 0.250. The lowest BCUT2D eigenvalue weighted by Crippen LogP contribution is -2.32. The number of carboxylic acid groups (broad SMARTS) is 1. The van der Waals surface area contributed by atoms with E-state index in [2.05, 4.69) is 35.4 Å². The molecule has 0 aliphatic rings. The minimum absolute atomic E-state index is 0.204. The Morgan fingerprint density at radius 2 is 1.79 bits per heavy atom. The summed E-state index contributed by atoms with van der Waals surface area (Å²) in [5, 5.41) is 15.7. The van der Waals surface area contributed by atoms with Gasteiger partial charge in [-0.05, 0) is 29.7 Å². The van der Waals surface area contributed by atoms with Crippen molar-refractivity contribution in [1.82, 2.24) is 5.32 Å². The molecule has 4 nitrogen and oxygen atoms in total. The molecule has 0 saturated carbocycles. The molecule has 0 aliphatic heterocycles. The van der Waals surface area contributed by atoms with Crippen LogP contribution in [0.15, 0.2) is 66.7 Å². The summed E-state index contributed by atoms with van der Waals surface area (Å²) in [4.78, 5) is 11.0. The van der Waals surface area contributed by atoms with Crippen LogP contribution in [0.4, 0.5) is 5.69 Å². The molecule has 1 atom stereocenters. The van der Waals surface area contributed by atoms with E-state index >= 15 is 0 Å². The largest absolute Gasteiger partial charge is 0.478 e. The Balaban J connectivity index is 1.92. The van der Waals surface area contributed by atoms with Crippen molar-refractivity contribution in [3.8, 4) is 0 Å². The van der Waals surface area contributed by atoms with Crippen LogP contribution in [-0.2, 0) is 17.9 Å². The molecule has 0 amide bonds. The lowest BCUT2D eigenvalue weighted by atomic mass is 10.1. The molecule has 0 bridgehead atoms. The van der Waals surface area contributed by atoms with Crippen molar-refractivity contribution in [3.05, 3.63) is 77.9 Å². The lowest BCUT2D eigenvalue weighted by molar-refractivity contribution is -0.133. The predicted octanol–water partition coefficient (Wildman–Crippen LogP) is 3.81. The van der Waals surface area contributed by atoms with Gasteiger partial charge in [0.15, 0.2) is 0 Å². The van der Waals surface area contributed by atoms with E-state index in [9.17, 15) is 4.79 Å². The first-order chi connectivity index (χ1) is 11.6. The van der Waals surface area contributed by atoms with E-state index in [0.29, 0.717) is 13.0 Å². The Bertz CT molecular complexity index is 683. The third-order valence-electron chi connectivity index (χ3n) is 3.92. The molecule has 3 N–H and O–H groups in total. The molecule has 2 aromatic rings. The standard InChI is InChI=1S/C20H24N2O2/c1-3-19(15(2)20(23)24)22-14-17-10-7-11-18(12-17)21-13-16-8-5-4-6-9-16/h4-12,19,21-22H,2-3,13-14H2,1H3,(H,23,24). The van der Waals surface area contributed by atoms with Crippen LogP contribution in [-0.4, -0.2) is 17.1 Å². The van der Waals surface area contributed by atoms with Crippen LogP contribution < -0.4 is 10.6 Å². The molecule has 0 aliphatic carbocycles. The van der Waals surface area contributed by atoms with E-state index in [1.807, 2.05) is 43.3 Å². The number of carboxylic acids is 1. The van der Waals surface area contributed by atoms with Gasteiger partial charge in [0.25, 0.3) is 0 Å². The Kier molecular flexibility index (Phi) is 6.58. The summed E-state index contributed by atoms with van der Waals surface area (Å²) in [6.45, 7) is 6.96. The molecular formula is C20H24N2O2. The lowest BCUT2D eigenvalue weighted by Gasteiger charge is -2.17. The van der Waals surface area contributed by atoms with Crippen molar-refractivity contribution in [2.24, 2.45) is 0 Å². The highest BCUT2D eigenvalue weighted by atomic mass is 16.4. The molecule has 4 heteroatoms. The average Bonchev–Trinajstić information content (AvgIpc) is 2.61. The van der Waals surface area contributed by atoms with Gasteiger partial charge in [-0.3, -0.25) is 0 Å². The number of carbonyl (C=O) groups is 1. The third kappa shape index (κ3) is 5.25. The number of anilines is 1. The molecule has 1 unspecified atom stereocenters. The molecule has 0 fully saturated rings. The summed E-state index contributed by atoms with van der Waals surface area (Å²) in [6, 6.07) is 18.1. The zero-order chi connectivity index (χ0) is 17.4. The molecule has 24 heavy (non-hydrogen) atoms. The Labute approximate surface area is 143 Å². The molecule has 0 spiro atoms. The van der Waals surface area contributed by atoms with E-state index < -0.39 is 5.97 Å². The second-order valence-corrected chi connectivity index (χ2v) is 5.71. The van der Waals surface area contributed by atoms with Gasteiger partial charge in [-0.15, -0.1) is 0 Å². The molecule has 0 heterocycles. The first-order valence-corrected chi connectivity index (χ1v) is 8.12. The maximum atomic E-state index is 11.0. The van der Waals surface area contributed by atoms with Gasteiger partial charge in [0, 0.05) is 30.4 Å². The molecule has 126 valence electrons. The Morgan fingerprint density at radius 1 is 1.08 bits per heavy atom. The highest BCUT2D eigenvalue weighted by molar-refractivity contribution is 5.87. The van der Waals surface area contributed by atoms with E-state index in [-0.39, 0.29) is 11.6 Å². The van der Waals surface area contributed by atoms with Crippen LogP contribution in [0.1, 0.15) is 24.5 Å². The van der Waals surface area contributed by atoms with Gasteiger partial charge < -0.3 is 15.7 Å². The van der Waals surface area contributed by atoms with Crippen LogP contribution in [0.2, 0.25) is 0 Å². The second-order valence-electron chi connectivity index (χ2n) is 5.71. The first-order valence-electron chi connectivity index (χ1n) is 8.12. The Morgan fingerprint density at radius 3 is 2.46 bits per heavy atom. The summed E-state index contributed by atoms with van der Waals surface area (Å²) in [6.07, 6.45) is 0.692. The SMILES string of the molecule is C=C(C(=O)O)C(CC)NCc1cccc(NCc2ccccc2)c1. The molecule has 0 radical (unpaired) electrons. The van der Waals surface area contributed by atoms with Crippen molar-refractivity contribution in [2.45, 2.75) is 32.5 Å². The molecular weight excluding hydrogens is 300 g/mol. The fourth-order valence-electron chi connectivity index (χ4n) is 2.50. The van der Waals surface area contributed by atoms with E-state index in [1.165, 1.54) is 5.56 Å². The highest BCUT2D eigenvalue weighted by Gasteiger charge is 2.15. The number of benzene rings is 2. The maximum Gasteiger partial charge on any atom is 0.332 e. The molecule has 2 rings (SSSR count). The van der Waals surface area contributed by atoms with Gasteiger partial charge in [0.1, 0.15) is 0 Å². The van der Waals surface area contributed by atoms with Crippen LogP contribution in [0.25, 0.3) is 0 Å². The topological polar surface area (TPSA) is 61.4 Å². The summed E-state index contributed by atoms with van der Waals surface area (Å²) in [5.41, 5.74) is 3.58. The minimum Gasteiger partial charge on any atom is -0.478 e. The number of aliphatic carboxylic acids is 1. The van der Waals surface area contributed by atoms with E-state index in [1.54, 1.807) is 0 Å². The zero-order valence-corrected chi connectivity index (χ0v) is 14.0. The predicted molar refractivity (Wildman–Crippen MR) is 97.9 cm³/mol. The normalized spacial score (nSPS) is 11.7. The van der Waals surface area contributed by atoms with Gasteiger partial charge in [0.05, 0.1) is 0 Å². The second kappa shape index (κ2) is 8.89. The first kappa shape index (κ1) is 17.8. The monoisotopic (exact) mass is 324 g/mol. The van der Waals surface area contributed by atoms with Crippen LogP contribution >= 0.6 is 0 Å². The van der Waals surface area contributed by atoms with Crippen molar-refractivity contribution < 1.29 is 9.90 Å². The summed E-state index contributed by atoms with van der Waals surface area (Å²) in [5.74, 6) is -0.951. The Hall–Kier alpha value is -2.59. The van der Waals surface area contributed by atoms with E-state index in [0.717, 1.165) is 17.8 Å². The van der Waals surface area contributed by atoms with Gasteiger partial charge in [-0.25, -0.2) is 4.79 Å². The number of hydrogen-bond acceptors (Lipinski definition) is 3. The van der Waals surface area contributed by atoms with Crippen LogP contribution in [0.5, 0.6) is 0 Å². The summed E-state index contributed by atoms with van der Waals surface area (Å²) >= 11 is 0. The van der Waals surface area contributed by atoms with Gasteiger partial charge in [-0.2, -0.15) is 0 Å². The minimum atomic E-state index is -0.951. The average molecular weight is 324 g/mol. The van der Waals surface area contributed by atoms with Crippen LogP contribution in [0, 0.1) is 0 Å². The zero-order valence-electron chi connectivity index (χ0n) is 14.0. The molecule has 2 aromatic carbocycles. The number of nitrogens with one attached hydrogen (secondary N) is 2. The third-order valence-corrected chi connectivity index (χ3v) is 3.92. The maximum absolute atomic E-state index is 11.0.